The van der Waals surface area contributed by atoms with Crippen molar-refractivity contribution in [3.05, 3.63) is 94.0 Å². The predicted octanol–water partition coefficient (Wildman–Crippen LogP) is 3.45. The molecule has 0 bridgehead atoms. The molecule has 5 rings (SSSR count). The van der Waals surface area contributed by atoms with Crippen LogP contribution in [0.2, 0.25) is 0 Å². The number of benzene rings is 2. The molecule has 1 N–H and O–H groups in total. The van der Waals surface area contributed by atoms with Crippen molar-refractivity contribution in [1.82, 2.24) is 29.5 Å². The van der Waals surface area contributed by atoms with Gasteiger partial charge in [0.25, 0.3) is 5.56 Å². The van der Waals surface area contributed by atoms with Gasteiger partial charge in [-0.1, -0.05) is 47.7 Å². The molecule has 34 heavy (non-hydrogen) atoms. The minimum absolute atomic E-state index is 0.139. The van der Waals surface area contributed by atoms with Crippen molar-refractivity contribution >= 4 is 34.3 Å². The Bertz CT molecular complexity index is 1580. The Morgan fingerprint density at radius 3 is 2.65 bits per heavy atom. The van der Waals surface area contributed by atoms with Crippen LogP contribution >= 0.6 is 11.8 Å². The molecule has 0 spiro atoms. The third-order valence-electron chi connectivity index (χ3n) is 5.51. The smallest absolute Gasteiger partial charge is 0.267 e. The molecule has 0 aliphatic rings. The first-order chi connectivity index (χ1) is 16.5. The molecule has 0 fully saturated rings. The largest absolute Gasteiger partial charge is 0.350 e. The first kappa shape index (κ1) is 21.8. The van der Waals surface area contributed by atoms with E-state index in [0.29, 0.717) is 28.4 Å². The highest BCUT2D eigenvalue weighted by Gasteiger charge is 2.19. The average Bonchev–Trinajstić information content (AvgIpc) is 3.27. The monoisotopic (exact) mass is 470 g/mol. The molecule has 8 nitrogen and oxygen atoms in total. The van der Waals surface area contributed by atoms with E-state index in [9.17, 15) is 9.59 Å². The van der Waals surface area contributed by atoms with E-state index >= 15 is 0 Å². The molecule has 9 heteroatoms. The van der Waals surface area contributed by atoms with Gasteiger partial charge < -0.3 is 5.32 Å². The number of nitrogens with zero attached hydrogens (tertiary/aromatic N) is 5. The second-order valence-electron chi connectivity index (χ2n) is 7.95. The SMILES string of the molecule is Cc1ccc(-n2c(=O)c3ccccc3n3c(SCC(=O)NCc4ccccn4)nnc23)c(C)c1. The summed E-state index contributed by atoms with van der Waals surface area (Å²) < 4.78 is 3.43. The summed E-state index contributed by atoms with van der Waals surface area (Å²) in [5.41, 5.74) is 4.16. The van der Waals surface area contributed by atoms with Crippen LogP contribution in [0.1, 0.15) is 16.8 Å². The van der Waals surface area contributed by atoms with Crippen LogP contribution in [0.15, 0.2) is 76.8 Å². The Kier molecular flexibility index (Phi) is 5.85. The molecule has 0 atom stereocenters. The topological polar surface area (TPSA) is 94.2 Å². The van der Waals surface area contributed by atoms with Crippen molar-refractivity contribution in [2.45, 2.75) is 25.5 Å². The molecule has 3 heterocycles. The molecule has 170 valence electrons. The van der Waals surface area contributed by atoms with E-state index in [0.717, 1.165) is 22.5 Å². The molecule has 0 radical (unpaired) electrons. The van der Waals surface area contributed by atoms with Gasteiger partial charge in [0.1, 0.15) is 0 Å². The van der Waals surface area contributed by atoms with Crippen molar-refractivity contribution in [3.63, 3.8) is 0 Å². The third-order valence-corrected chi connectivity index (χ3v) is 6.44. The molecule has 0 saturated heterocycles. The summed E-state index contributed by atoms with van der Waals surface area (Å²) in [6.07, 6.45) is 1.69. The van der Waals surface area contributed by atoms with Crippen molar-refractivity contribution in [3.8, 4) is 5.69 Å². The fraction of sp³-hybridized carbons (Fsp3) is 0.160. The molecule has 0 saturated carbocycles. The number of hydrogen-bond donors (Lipinski definition) is 1. The minimum Gasteiger partial charge on any atom is -0.350 e. The zero-order chi connectivity index (χ0) is 23.7. The van der Waals surface area contributed by atoms with Crippen molar-refractivity contribution in [2.75, 3.05) is 5.75 Å². The molecule has 0 unspecified atom stereocenters. The Morgan fingerprint density at radius 1 is 1.03 bits per heavy atom. The number of aromatic nitrogens is 5. The lowest BCUT2D eigenvalue weighted by atomic mass is 10.1. The van der Waals surface area contributed by atoms with Gasteiger partial charge in [-0.25, -0.2) is 4.57 Å². The number of thioether (sulfide) groups is 1. The Morgan fingerprint density at radius 2 is 1.85 bits per heavy atom. The zero-order valence-corrected chi connectivity index (χ0v) is 19.5. The summed E-state index contributed by atoms with van der Waals surface area (Å²) in [5.74, 6) is 0.427. The lowest BCUT2D eigenvalue weighted by Gasteiger charge is -2.13. The molecule has 1 amide bonds. The number of hydrogen-bond acceptors (Lipinski definition) is 6. The molecule has 2 aromatic carbocycles. The lowest BCUT2D eigenvalue weighted by Crippen LogP contribution is -2.25. The van der Waals surface area contributed by atoms with Crippen LogP contribution in [-0.4, -0.2) is 35.8 Å². The van der Waals surface area contributed by atoms with E-state index < -0.39 is 0 Å². The number of rotatable bonds is 6. The molecule has 3 aromatic heterocycles. The fourth-order valence-corrected chi connectivity index (χ4v) is 4.69. The minimum atomic E-state index is -0.160. The summed E-state index contributed by atoms with van der Waals surface area (Å²) in [5, 5.41) is 12.7. The van der Waals surface area contributed by atoms with Gasteiger partial charge in [0.15, 0.2) is 5.16 Å². The maximum Gasteiger partial charge on any atom is 0.267 e. The third kappa shape index (κ3) is 4.06. The number of aryl methyl sites for hydroxylation is 2. The Labute approximate surface area is 199 Å². The fourth-order valence-electron chi connectivity index (χ4n) is 3.92. The highest BCUT2D eigenvalue weighted by Crippen LogP contribution is 2.24. The van der Waals surface area contributed by atoms with Crippen LogP contribution in [-0.2, 0) is 11.3 Å². The van der Waals surface area contributed by atoms with Crippen LogP contribution < -0.4 is 10.9 Å². The van der Waals surface area contributed by atoms with E-state index in [1.807, 2.05) is 72.8 Å². The van der Waals surface area contributed by atoms with Gasteiger partial charge >= 0.3 is 0 Å². The summed E-state index contributed by atoms with van der Waals surface area (Å²) >= 11 is 1.27. The van der Waals surface area contributed by atoms with Crippen molar-refractivity contribution < 1.29 is 4.79 Å². The van der Waals surface area contributed by atoms with Gasteiger partial charge in [0.05, 0.1) is 34.6 Å². The van der Waals surface area contributed by atoms with Gasteiger partial charge in [-0.2, -0.15) is 0 Å². The highest BCUT2D eigenvalue weighted by molar-refractivity contribution is 7.99. The van der Waals surface area contributed by atoms with E-state index in [1.54, 1.807) is 16.8 Å². The number of amides is 1. The number of carbonyl (C=O) groups is 1. The average molecular weight is 471 g/mol. The quantitative estimate of drug-likeness (QED) is 0.382. The van der Waals surface area contributed by atoms with Gasteiger partial charge in [-0.3, -0.25) is 19.0 Å². The van der Waals surface area contributed by atoms with Crippen molar-refractivity contribution in [1.29, 1.82) is 0 Å². The Balaban J connectivity index is 1.52. The number of nitrogens with one attached hydrogen (secondary N) is 1. The van der Waals surface area contributed by atoms with Gasteiger partial charge in [-0.05, 0) is 49.7 Å². The summed E-state index contributed by atoms with van der Waals surface area (Å²) in [6, 6.07) is 18.9. The van der Waals surface area contributed by atoms with Crippen LogP contribution in [0.3, 0.4) is 0 Å². The second-order valence-corrected chi connectivity index (χ2v) is 8.89. The standard InChI is InChI=1S/C25H22N6O2S/c1-16-10-11-20(17(2)13-16)30-23(33)19-8-3-4-9-21(19)31-24(30)28-29-25(31)34-15-22(32)27-14-18-7-5-6-12-26-18/h3-13H,14-15H2,1-2H3,(H,27,32). The molecule has 0 aliphatic carbocycles. The molecule has 5 aromatic rings. The molecular weight excluding hydrogens is 448 g/mol. The highest BCUT2D eigenvalue weighted by atomic mass is 32.2. The summed E-state index contributed by atoms with van der Waals surface area (Å²) in [4.78, 5) is 30.2. The predicted molar refractivity (Wildman–Crippen MR) is 132 cm³/mol. The number of fused-ring (bicyclic) bond motifs is 3. The van der Waals surface area contributed by atoms with Crippen LogP contribution in [0.4, 0.5) is 0 Å². The number of carbonyl (C=O) groups excluding carboxylic acids is 1. The van der Waals surface area contributed by atoms with Gasteiger partial charge in [0, 0.05) is 6.20 Å². The maximum absolute atomic E-state index is 13.5. The maximum atomic E-state index is 13.5. The van der Waals surface area contributed by atoms with Crippen LogP contribution in [0, 0.1) is 13.8 Å². The zero-order valence-electron chi connectivity index (χ0n) is 18.7. The number of pyridine rings is 1. The normalized spacial score (nSPS) is 11.2. The molecular formula is C25H22N6O2S. The van der Waals surface area contributed by atoms with Gasteiger partial charge in [-0.15, -0.1) is 10.2 Å². The summed E-state index contributed by atoms with van der Waals surface area (Å²) in [7, 11) is 0. The molecule has 0 aliphatic heterocycles. The van der Waals surface area contributed by atoms with Crippen LogP contribution in [0.25, 0.3) is 22.4 Å². The Hall–Kier alpha value is -3.98. The van der Waals surface area contributed by atoms with E-state index in [-0.39, 0.29) is 17.2 Å². The van der Waals surface area contributed by atoms with Crippen molar-refractivity contribution in [2.24, 2.45) is 0 Å². The lowest BCUT2D eigenvalue weighted by molar-refractivity contribution is -0.118. The van der Waals surface area contributed by atoms with E-state index in [4.69, 9.17) is 0 Å². The first-order valence-electron chi connectivity index (χ1n) is 10.8. The number of para-hydroxylation sites is 1. The first-order valence-corrected chi connectivity index (χ1v) is 11.8. The van der Waals surface area contributed by atoms with E-state index in [1.165, 1.54) is 11.8 Å². The van der Waals surface area contributed by atoms with Gasteiger partial charge in [0.2, 0.25) is 11.7 Å². The van der Waals surface area contributed by atoms with Crippen LogP contribution in [0.5, 0.6) is 0 Å². The second kappa shape index (κ2) is 9.11. The van der Waals surface area contributed by atoms with E-state index in [2.05, 4.69) is 20.5 Å². The summed E-state index contributed by atoms with van der Waals surface area (Å²) in [6.45, 7) is 4.34.